The predicted molar refractivity (Wildman–Crippen MR) is 85.6 cm³/mol. The molecule has 1 saturated heterocycles. The minimum Gasteiger partial charge on any atom is -0.469 e. The summed E-state index contributed by atoms with van der Waals surface area (Å²) in [5.74, 6) is -1.11. The highest BCUT2D eigenvalue weighted by atomic mass is 19.2. The van der Waals surface area contributed by atoms with Crippen molar-refractivity contribution in [2.75, 3.05) is 13.1 Å². The number of piperidine rings is 1. The summed E-state index contributed by atoms with van der Waals surface area (Å²) in [5.41, 5.74) is 0.922. The molecular formula is C18H20F2N2O2. The standard InChI is InChI=1S/C18H20F2N2O2/c1-12-15(7-10-24-12)18(23)21-14-5-8-22(9-6-14)11-13-3-2-4-16(19)17(13)20/h2-4,7,10,14H,5-6,8-9,11H2,1H3,(H,21,23). The van der Waals surface area contributed by atoms with Crippen LogP contribution in [0.25, 0.3) is 0 Å². The molecule has 0 aliphatic carbocycles. The molecule has 2 aromatic rings. The van der Waals surface area contributed by atoms with Gasteiger partial charge in [-0.05, 0) is 31.9 Å². The molecule has 6 heteroatoms. The lowest BCUT2D eigenvalue weighted by atomic mass is 10.0. The second-order valence-corrected chi connectivity index (χ2v) is 6.13. The number of carbonyl (C=O) groups is 1. The molecule has 0 atom stereocenters. The molecule has 24 heavy (non-hydrogen) atoms. The van der Waals surface area contributed by atoms with E-state index in [0.29, 0.717) is 23.4 Å². The average molecular weight is 334 g/mol. The number of halogens is 2. The lowest BCUT2D eigenvalue weighted by Crippen LogP contribution is -2.44. The Hall–Kier alpha value is -2.21. The van der Waals surface area contributed by atoms with Gasteiger partial charge in [0.1, 0.15) is 5.76 Å². The third-order valence-electron chi connectivity index (χ3n) is 4.45. The van der Waals surface area contributed by atoms with Gasteiger partial charge < -0.3 is 9.73 Å². The zero-order valence-electron chi connectivity index (χ0n) is 13.5. The van der Waals surface area contributed by atoms with Crippen molar-refractivity contribution in [1.82, 2.24) is 10.2 Å². The first kappa shape index (κ1) is 16.6. The van der Waals surface area contributed by atoms with Crippen molar-refractivity contribution in [1.29, 1.82) is 0 Å². The van der Waals surface area contributed by atoms with Crippen LogP contribution in [-0.4, -0.2) is 29.9 Å². The zero-order chi connectivity index (χ0) is 17.1. The van der Waals surface area contributed by atoms with Gasteiger partial charge in [0.2, 0.25) is 0 Å². The number of nitrogens with one attached hydrogen (secondary N) is 1. The molecule has 0 spiro atoms. The monoisotopic (exact) mass is 334 g/mol. The normalized spacial score (nSPS) is 16.3. The summed E-state index contributed by atoms with van der Waals surface area (Å²) in [4.78, 5) is 14.2. The molecule has 1 aromatic heterocycles. The molecule has 2 heterocycles. The number of benzene rings is 1. The molecule has 0 radical (unpaired) electrons. The van der Waals surface area contributed by atoms with Crippen LogP contribution in [0, 0.1) is 18.6 Å². The number of rotatable bonds is 4. The molecule has 1 fully saturated rings. The minimum absolute atomic E-state index is 0.0837. The van der Waals surface area contributed by atoms with Crippen LogP contribution in [0.5, 0.6) is 0 Å². The van der Waals surface area contributed by atoms with Gasteiger partial charge in [-0.15, -0.1) is 0 Å². The van der Waals surface area contributed by atoms with Gasteiger partial charge in [0.05, 0.1) is 11.8 Å². The molecular weight excluding hydrogens is 314 g/mol. The smallest absolute Gasteiger partial charge is 0.255 e. The number of aryl methyl sites for hydroxylation is 1. The van der Waals surface area contributed by atoms with Crippen LogP contribution < -0.4 is 5.32 Å². The van der Waals surface area contributed by atoms with Crippen LogP contribution in [0.1, 0.15) is 34.5 Å². The maximum atomic E-state index is 13.7. The Labute approximate surface area is 139 Å². The Morgan fingerprint density at radius 2 is 2.04 bits per heavy atom. The zero-order valence-corrected chi connectivity index (χ0v) is 13.5. The van der Waals surface area contributed by atoms with Gasteiger partial charge in [-0.25, -0.2) is 8.78 Å². The molecule has 0 bridgehead atoms. The summed E-state index contributed by atoms with van der Waals surface area (Å²) in [6.45, 7) is 3.59. The van der Waals surface area contributed by atoms with E-state index in [2.05, 4.69) is 10.2 Å². The second-order valence-electron chi connectivity index (χ2n) is 6.13. The van der Waals surface area contributed by atoms with E-state index in [1.165, 1.54) is 12.3 Å². The third kappa shape index (κ3) is 3.64. The van der Waals surface area contributed by atoms with Crippen LogP contribution in [0.4, 0.5) is 8.78 Å². The molecule has 1 amide bonds. The summed E-state index contributed by atoms with van der Waals surface area (Å²) in [6, 6.07) is 5.99. The maximum absolute atomic E-state index is 13.7. The van der Waals surface area contributed by atoms with E-state index in [9.17, 15) is 13.6 Å². The molecule has 128 valence electrons. The van der Waals surface area contributed by atoms with Gasteiger partial charge >= 0.3 is 0 Å². The summed E-state index contributed by atoms with van der Waals surface area (Å²) >= 11 is 0. The van der Waals surface area contributed by atoms with Crippen molar-refractivity contribution in [3.63, 3.8) is 0 Å². The predicted octanol–water partition coefficient (Wildman–Crippen LogP) is 3.26. The maximum Gasteiger partial charge on any atom is 0.255 e. The van der Waals surface area contributed by atoms with E-state index in [1.54, 1.807) is 19.1 Å². The number of likely N-dealkylation sites (tertiary alicyclic amines) is 1. The molecule has 1 aromatic carbocycles. The van der Waals surface area contributed by atoms with Crippen LogP contribution in [0.3, 0.4) is 0 Å². The first-order valence-electron chi connectivity index (χ1n) is 8.05. The SMILES string of the molecule is Cc1occc1C(=O)NC1CCN(Cc2cccc(F)c2F)CC1. The van der Waals surface area contributed by atoms with Gasteiger partial charge in [-0.1, -0.05) is 12.1 Å². The third-order valence-corrected chi connectivity index (χ3v) is 4.45. The molecule has 1 N–H and O–H groups in total. The quantitative estimate of drug-likeness (QED) is 0.933. The van der Waals surface area contributed by atoms with E-state index >= 15 is 0 Å². The second kappa shape index (κ2) is 7.13. The van der Waals surface area contributed by atoms with Crippen LogP contribution in [-0.2, 0) is 6.54 Å². The molecule has 4 nitrogen and oxygen atoms in total. The highest BCUT2D eigenvalue weighted by molar-refractivity contribution is 5.95. The Morgan fingerprint density at radius 3 is 2.71 bits per heavy atom. The summed E-state index contributed by atoms with van der Waals surface area (Å²) < 4.78 is 32.1. The summed E-state index contributed by atoms with van der Waals surface area (Å²) in [5, 5.41) is 3.01. The van der Waals surface area contributed by atoms with Crippen molar-refractivity contribution < 1.29 is 18.0 Å². The highest BCUT2D eigenvalue weighted by Gasteiger charge is 2.23. The van der Waals surface area contributed by atoms with Crippen molar-refractivity contribution in [3.05, 3.63) is 59.1 Å². The molecule has 3 rings (SSSR count). The number of amides is 1. The lowest BCUT2D eigenvalue weighted by molar-refractivity contribution is 0.0907. The van der Waals surface area contributed by atoms with Gasteiger partial charge in [0, 0.05) is 31.2 Å². The largest absolute Gasteiger partial charge is 0.469 e. The number of hydrogen-bond donors (Lipinski definition) is 1. The first-order valence-corrected chi connectivity index (χ1v) is 8.05. The van der Waals surface area contributed by atoms with E-state index in [-0.39, 0.29) is 11.9 Å². The van der Waals surface area contributed by atoms with Crippen LogP contribution in [0.2, 0.25) is 0 Å². The van der Waals surface area contributed by atoms with E-state index in [1.807, 2.05) is 0 Å². The first-order chi connectivity index (χ1) is 11.5. The van der Waals surface area contributed by atoms with E-state index in [4.69, 9.17) is 4.42 Å². The molecule has 1 aliphatic heterocycles. The van der Waals surface area contributed by atoms with Crippen molar-refractivity contribution in [2.45, 2.75) is 32.4 Å². The van der Waals surface area contributed by atoms with Crippen molar-refractivity contribution in [2.24, 2.45) is 0 Å². The van der Waals surface area contributed by atoms with Gasteiger partial charge in [0.25, 0.3) is 5.91 Å². The topological polar surface area (TPSA) is 45.5 Å². The number of carbonyl (C=O) groups excluding carboxylic acids is 1. The van der Waals surface area contributed by atoms with Crippen LogP contribution in [0.15, 0.2) is 34.9 Å². The Bertz CT molecular complexity index is 722. The van der Waals surface area contributed by atoms with Crippen molar-refractivity contribution in [3.8, 4) is 0 Å². The average Bonchev–Trinajstić information content (AvgIpc) is 3.00. The molecule has 1 aliphatic rings. The van der Waals surface area contributed by atoms with Gasteiger partial charge in [0.15, 0.2) is 11.6 Å². The number of furan rings is 1. The minimum atomic E-state index is -0.815. The van der Waals surface area contributed by atoms with Crippen LogP contribution >= 0.6 is 0 Å². The van der Waals surface area contributed by atoms with Crippen molar-refractivity contribution >= 4 is 5.91 Å². The number of hydrogen-bond acceptors (Lipinski definition) is 3. The Balaban J connectivity index is 1.52. The number of nitrogens with zero attached hydrogens (tertiary/aromatic N) is 1. The summed E-state index contributed by atoms with van der Waals surface area (Å²) in [7, 11) is 0. The fourth-order valence-corrected chi connectivity index (χ4v) is 3.03. The van der Waals surface area contributed by atoms with Gasteiger partial charge in [-0.3, -0.25) is 9.69 Å². The fraction of sp³-hybridized carbons (Fsp3) is 0.389. The Kier molecular flexibility index (Phi) is 4.94. The molecule has 0 unspecified atom stereocenters. The van der Waals surface area contributed by atoms with E-state index in [0.717, 1.165) is 32.0 Å². The lowest BCUT2D eigenvalue weighted by Gasteiger charge is -2.32. The highest BCUT2D eigenvalue weighted by Crippen LogP contribution is 2.18. The van der Waals surface area contributed by atoms with E-state index < -0.39 is 11.6 Å². The Morgan fingerprint density at radius 1 is 1.29 bits per heavy atom. The fourth-order valence-electron chi connectivity index (χ4n) is 3.03. The summed E-state index contributed by atoms with van der Waals surface area (Å²) in [6.07, 6.45) is 3.06. The molecule has 0 saturated carbocycles. The van der Waals surface area contributed by atoms with Gasteiger partial charge in [-0.2, -0.15) is 0 Å².